The van der Waals surface area contributed by atoms with Gasteiger partial charge in [-0.1, -0.05) is 159 Å². The van der Waals surface area contributed by atoms with Gasteiger partial charge >= 0.3 is 0 Å². The first-order valence-electron chi connectivity index (χ1n) is 19.3. The molecule has 1 aromatic heterocycles. The Kier molecular flexibility index (Phi) is 6.96. The number of ketones is 1. The Labute approximate surface area is 326 Å². The van der Waals surface area contributed by atoms with Crippen molar-refractivity contribution < 1.29 is 9.21 Å². The lowest BCUT2D eigenvalue weighted by atomic mass is 9.59. The van der Waals surface area contributed by atoms with Crippen molar-refractivity contribution in [2.45, 2.75) is 24.7 Å². The summed E-state index contributed by atoms with van der Waals surface area (Å²) >= 11 is 0. The molecular weight excluding hydrogens is 683 g/mol. The predicted octanol–water partition coefficient (Wildman–Crippen LogP) is 13.3. The van der Waals surface area contributed by atoms with Crippen LogP contribution in [0.25, 0.3) is 33.1 Å². The smallest absolute Gasteiger partial charge is 0.193 e. The number of para-hydroxylation sites is 2. The Morgan fingerprint density at radius 3 is 1.80 bits per heavy atom. The summed E-state index contributed by atoms with van der Waals surface area (Å²) in [7, 11) is 0. The van der Waals surface area contributed by atoms with Crippen molar-refractivity contribution in [3.63, 3.8) is 0 Å². The number of carbonyl (C=O) groups is 1. The molecular formula is C53H37NO2. The fourth-order valence-corrected chi connectivity index (χ4v) is 9.69. The van der Waals surface area contributed by atoms with Gasteiger partial charge in [-0.3, -0.25) is 4.79 Å². The Morgan fingerprint density at radius 1 is 0.446 bits per heavy atom. The minimum absolute atomic E-state index is 0.0592. The molecule has 0 saturated carbocycles. The molecule has 2 heterocycles. The zero-order valence-electron chi connectivity index (χ0n) is 31.2. The van der Waals surface area contributed by atoms with E-state index in [1.807, 2.05) is 30.3 Å². The van der Waals surface area contributed by atoms with E-state index in [1.165, 1.54) is 11.1 Å². The number of rotatable bonds is 4. The second-order valence-corrected chi connectivity index (χ2v) is 15.6. The highest BCUT2D eigenvalue weighted by Crippen LogP contribution is 2.54. The van der Waals surface area contributed by atoms with Crippen molar-refractivity contribution >= 4 is 44.8 Å². The fourth-order valence-electron chi connectivity index (χ4n) is 9.69. The summed E-state index contributed by atoms with van der Waals surface area (Å²) in [5.41, 5.74) is 14.6. The van der Waals surface area contributed by atoms with Crippen LogP contribution in [0.1, 0.15) is 63.1 Å². The lowest BCUT2D eigenvalue weighted by Crippen LogP contribution is -2.38. The monoisotopic (exact) mass is 719 g/mol. The van der Waals surface area contributed by atoms with Crippen LogP contribution in [0.3, 0.4) is 0 Å². The van der Waals surface area contributed by atoms with Gasteiger partial charge in [0.2, 0.25) is 0 Å². The third-order valence-electron chi connectivity index (χ3n) is 12.3. The van der Waals surface area contributed by atoms with Gasteiger partial charge in [-0.25, -0.2) is 0 Å². The zero-order valence-corrected chi connectivity index (χ0v) is 31.2. The van der Waals surface area contributed by atoms with Gasteiger partial charge < -0.3 is 9.32 Å². The third kappa shape index (κ3) is 4.49. The number of hydrogen-bond acceptors (Lipinski definition) is 3. The first-order valence-corrected chi connectivity index (χ1v) is 19.3. The van der Waals surface area contributed by atoms with Gasteiger partial charge in [0.15, 0.2) is 5.78 Å². The van der Waals surface area contributed by atoms with E-state index >= 15 is 0 Å². The van der Waals surface area contributed by atoms with Crippen LogP contribution < -0.4 is 4.90 Å². The molecule has 8 aromatic carbocycles. The number of anilines is 3. The highest BCUT2D eigenvalue weighted by molar-refractivity contribution is 6.14. The maximum atomic E-state index is 14.3. The zero-order chi connectivity index (χ0) is 37.6. The van der Waals surface area contributed by atoms with Crippen LogP contribution in [0.5, 0.6) is 0 Å². The van der Waals surface area contributed by atoms with E-state index in [-0.39, 0.29) is 11.2 Å². The SMILES string of the molecule is CC1(C)c2ccccc2N(c2ccc(-c3ccc4c(c3)C(c3ccccc3)(c3ccccc3)c3ccccc3C4=O)cc2)c2cc3oc4ccccc4c3cc21. The first kappa shape index (κ1) is 32.5. The quantitative estimate of drug-likeness (QED) is 0.182. The maximum Gasteiger partial charge on any atom is 0.193 e. The van der Waals surface area contributed by atoms with E-state index in [4.69, 9.17) is 4.42 Å². The van der Waals surface area contributed by atoms with Crippen LogP contribution in [-0.2, 0) is 10.8 Å². The Hall–Kier alpha value is -6.97. The molecule has 0 atom stereocenters. The number of hydrogen-bond donors (Lipinski definition) is 0. The van der Waals surface area contributed by atoms with E-state index in [9.17, 15) is 4.79 Å². The van der Waals surface area contributed by atoms with Crippen LogP contribution in [0, 0.1) is 0 Å². The third-order valence-corrected chi connectivity index (χ3v) is 12.3. The molecule has 0 unspecified atom stereocenters. The molecule has 0 fully saturated rings. The number of furan rings is 1. The number of benzene rings is 8. The average molecular weight is 720 g/mol. The molecule has 1 aliphatic carbocycles. The highest BCUT2D eigenvalue weighted by Gasteiger charge is 2.46. The molecule has 266 valence electrons. The summed E-state index contributed by atoms with van der Waals surface area (Å²) in [4.78, 5) is 16.7. The standard InChI is InChI=1S/C53H37NO2/c1-52(2)44-22-12-13-23-47(44)54(48-33-50-42(32-46(48)52)39-19-10-14-24-49(39)56-50)38-28-25-34(26-29-38)35-27-30-41-45(31-35)53(36-15-5-3-6-16-36,37-17-7-4-8-18-37)43-21-11-9-20-40(43)51(41)55/h3-33H,1-2H3. The van der Waals surface area contributed by atoms with E-state index in [0.717, 1.165) is 83.5 Å². The predicted molar refractivity (Wildman–Crippen MR) is 228 cm³/mol. The molecule has 0 saturated heterocycles. The topological polar surface area (TPSA) is 33.5 Å². The molecule has 0 radical (unpaired) electrons. The van der Waals surface area contributed by atoms with Crippen molar-refractivity contribution in [1.82, 2.24) is 0 Å². The molecule has 56 heavy (non-hydrogen) atoms. The van der Waals surface area contributed by atoms with E-state index in [2.05, 4.69) is 176 Å². The molecule has 3 nitrogen and oxygen atoms in total. The van der Waals surface area contributed by atoms with Gasteiger partial charge in [-0.2, -0.15) is 0 Å². The molecule has 9 aromatic rings. The van der Waals surface area contributed by atoms with Crippen LogP contribution >= 0.6 is 0 Å². The van der Waals surface area contributed by atoms with Crippen molar-refractivity contribution in [2.24, 2.45) is 0 Å². The number of fused-ring (bicyclic) bond motifs is 7. The van der Waals surface area contributed by atoms with Gasteiger partial charge in [0.05, 0.1) is 16.8 Å². The molecule has 2 aliphatic rings. The molecule has 0 spiro atoms. The van der Waals surface area contributed by atoms with Crippen LogP contribution in [0.2, 0.25) is 0 Å². The Bertz CT molecular complexity index is 2970. The molecule has 0 amide bonds. The summed E-state index contributed by atoms with van der Waals surface area (Å²) in [5, 5.41) is 2.27. The van der Waals surface area contributed by atoms with E-state index in [0.29, 0.717) is 0 Å². The normalized spacial score (nSPS) is 14.9. The van der Waals surface area contributed by atoms with Gasteiger partial charge in [-0.05, 0) is 80.9 Å². The van der Waals surface area contributed by atoms with Crippen LogP contribution in [-0.4, -0.2) is 5.78 Å². The van der Waals surface area contributed by atoms with Crippen LogP contribution in [0.15, 0.2) is 192 Å². The lowest BCUT2D eigenvalue weighted by molar-refractivity contribution is 0.103. The van der Waals surface area contributed by atoms with Crippen molar-refractivity contribution in [3.05, 3.63) is 233 Å². The average Bonchev–Trinajstić information content (AvgIpc) is 3.62. The van der Waals surface area contributed by atoms with Gasteiger partial charge in [0.1, 0.15) is 11.2 Å². The fraction of sp³-hybridized carbons (Fsp3) is 0.0755. The Morgan fingerprint density at radius 2 is 1.05 bits per heavy atom. The van der Waals surface area contributed by atoms with Crippen molar-refractivity contribution in [3.8, 4) is 11.1 Å². The summed E-state index contributed by atoms with van der Waals surface area (Å²) in [6.45, 7) is 4.65. The minimum Gasteiger partial charge on any atom is -0.456 e. The van der Waals surface area contributed by atoms with Gasteiger partial charge in [0, 0.05) is 39.1 Å². The molecule has 1 aliphatic heterocycles. The molecule has 3 heteroatoms. The summed E-state index contributed by atoms with van der Waals surface area (Å²) in [6.07, 6.45) is 0. The number of nitrogens with zero attached hydrogens (tertiary/aromatic N) is 1. The molecule has 0 bridgehead atoms. The second kappa shape index (κ2) is 12.0. The van der Waals surface area contributed by atoms with Crippen molar-refractivity contribution in [2.75, 3.05) is 4.90 Å². The van der Waals surface area contributed by atoms with Gasteiger partial charge in [0.25, 0.3) is 0 Å². The number of carbonyl (C=O) groups excluding carboxylic acids is 1. The van der Waals surface area contributed by atoms with E-state index in [1.54, 1.807) is 0 Å². The van der Waals surface area contributed by atoms with E-state index < -0.39 is 5.41 Å². The van der Waals surface area contributed by atoms with Crippen LogP contribution in [0.4, 0.5) is 17.1 Å². The summed E-state index contributed by atoms with van der Waals surface area (Å²) < 4.78 is 6.44. The highest BCUT2D eigenvalue weighted by atomic mass is 16.3. The largest absolute Gasteiger partial charge is 0.456 e. The minimum atomic E-state index is -0.686. The second-order valence-electron chi connectivity index (χ2n) is 15.6. The summed E-state index contributed by atoms with van der Waals surface area (Å²) in [5.74, 6) is 0.0592. The lowest BCUT2D eigenvalue weighted by Gasteiger charge is -2.42. The molecule has 11 rings (SSSR count). The maximum absolute atomic E-state index is 14.3. The molecule has 0 N–H and O–H groups in total. The van der Waals surface area contributed by atoms with Crippen molar-refractivity contribution in [1.29, 1.82) is 0 Å². The van der Waals surface area contributed by atoms with Gasteiger partial charge in [-0.15, -0.1) is 0 Å². The first-order chi connectivity index (χ1) is 27.4. The Balaban J connectivity index is 1.08. The summed E-state index contributed by atoms with van der Waals surface area (Å²) in [6, 6.07) is 66.3.